The molecule has 2 rings (SSSR count). The predicted octanol–water partition coefficient (Wildman–Crippen LogP) is 2.59. The van der Waals surface area contributed by atoms with E-state index in [0.29, 0.717) is 5.82 Å². The Morgan fingerprint density at radius 3 is 2.62 bits per heavy atom. The first kappa shape index (κ1) is 10.8. The van der Waals surface area contributed by atoms with Crippen molar-refractivity contribution >= 4 is 0 Å². The van der Waals surface area contributed by atoms with Gasteiger partial charge in [-0.05, 0) is 38.0 Å². The second-order valence-corrected chi connectivity index (χ2v) is 3.91. The van der Waals surface area contributed by atoms with Crippen LogP contribution in [0.4, 0.5) is 0 Å². The average molecular weight is 217 g/mol. The Kier molecular flexibility index (Phi) is 2.75. The molecule has 0 N–H and O–H groups in total. The first-order valence-electron chi connectivity index (χ1n) is 5.10. The summed E-state index contributed by atoms with van der Waals surface area (Å²) in [5.74, 6) is 0.628. The fourth-order valence-electron chi connectivity index (χ4n) is 1.69. The minimum absolute atomic E-state index is 0.133. The second-order valence-electron chi connectivity index (χ2n) is 3.91. The molecule has 0 amide bonds. The van der Waals surface area contributed by atoms with Crippen LogP contribution in [0, 0.1) is 20.8 Å². The van der Waals surface area contributed by atoms with E-state index in [2.05, 4.69) is 16.2 Å². The Bertz CT molecular complexity index is 518. The van der Waals surface area contributed by atoms with Crippen molar-refractivity contribution in [3.05, 3.63) is 34.7 Å². The molecule has 2 aromatic rings. The Morgan fingerprint density at radius 2 is 2.00 bits per heavy atom. The van der Waals surface area contributed by atoms with Crippen molar-refractivity contribution in [1.29, 1.82) is 0 Å². The molecule has 4 heteroatoms. The molecule has 16 heavy (non-hydrogen) atoms. The first-order chi connectivity index (χ1) is 7.61. The molecule has 0 spiro atoms. The molecule has 1 radical (unpaired) electrons. The van der Waals surface area contributed by atoms with E-state index in [1.807, 2.05) is 26.8 Å². The molecule has 0 saturated heterocycles. The van der Waals surface area contributed by atoms with Crippen LogP contribution in [-0.4, -0.2) is 10.1 Å². The molecule has 0 aliphatic rings. The first-order valence-corrected chi connectivity index (χ1v) is 5.10. The smallest absolute Gasteiger partial charge is 0.256 e. The highest BCUT2D eigenvalue weighted by Gasteiger charge is 2.12. The molecule has 83 valence electrons. The van der Waals surface area contributed by atoms with Gasteiger partial charge in [-0.15, -0.1) is 0 Å². The number of aryl methyl sites for hydroxylation is 2. The molecule has 1 aromatic carbocycles. The van der Waals surface area contributed by atoms with Crippen LogP contribution >= 0.6 is 0 Å². The maximum Gasteiger partial charge on any atom is 0.256 e. The summed E-state index contributed by atoms with van der Waals surface area (Å²) >= 11 is 0. The zero-order valence-electron chi connectivity index (χ0n) is 9.57. The van der Waals surface area contributed by atoms with Crippen molar-refractivity contribution in [2.24, 2.45) is 0 Å². The van der Waals surface area contributed by atoms with Crippen LogP contribution in [0.5, 0.6) is 0 Å². The van der Waals surface area contributed by atoms with Gasteiger partial charge in [0.1, 0.15) is 0 Å². The van der Waals surface area contributed by atoms with Crippen molar-refractivity contribution in [1.82, 2.24) is 10.1 Å². The third kappa shape index (κ3) is 1.84. The van der Waals surface area contributed by atoms with Gasteiger partial charge in [0, 0.05) is 5.56 Å². The molecule has 1 heterocycles. The fraction of sp³-hybridized carbons (Fsp3) is 0.333. The molecule has 4 nitrogen and oxygen atoms in total. The summed E-state index contributed by atoms with van der Waals surface area (Å²) in [6.45, 7) is 5.60. The quantitative estimate of drug-likeness (QED) is 0.776. The fourth-order valence-corrected chi connectivity index (χ4v) is 1.69. The lowest BCUT2D eigenvalue weighted by molar-refractivity contribution is 0.142. The Morgan fingerprint density at radius 1 is 1.25 bits per heavy atom. The monoisotopic (exact) mass is 217 g/mol. The Balaban J connectivity index is 2.54. The lowest BCUT2D eigenvalue weighted by atomic mass is 10.00. The van der Waals surface area contributed by atoms with Crippen molar-refractivity contribution in [2.45, 2.75) is 27.4 Å². The summed E-state index contributed by atoms with van der Waals surface area (Å²) in [6.07, 6.45) is 0. The Labute approximate surface area is 93.9 Å². The van der Waals surface area contributed by atoms with Crippen LogP contribution < -0.4 is 0 Å². The highest BCUT2D eigenvalue weighted by atomic mass is 16.5. The lowest BCUT2D eigenvalue weighted by Gasteiger charge is -2.06. The van der Waals surface area contributed by atoms with E-state index in [4.69, 9.17) is 4.52 Å². The summed E-state index contributed by atoms with van der Waals surface area (Å²) in [5, 5.41) is 14.4. The van der Waals surface area contributed by atoms with E-state index in [1.165, 1.54) is 5.56 Å². The summed E-state index contributed by atoms with van der Waals surface area (Å²) in [7, 11) is 0. The van der Waals surface area contributed by atoms with E-state index in [1.54, 1.807) is 0 Å². The molecular weight excluding hydrogens is 204 g/mol. The van der Waals surface area contributed by atoms with Crippen LogP contribution in [0.1, 0.15) is 22.6 Å². The minimum Gasteiger partial charge on any atom is -0.336 e. The zero-order valence-corrected chi connectivity index (χ0v) is 9.57. The second kappa shape index (κ2) is 4.06. The van der Waals surface area contributed by atoms with Crippen LogP contribution in [0.25, 0.3) is 11.4 Å². The van der Waals surface area contributed by atoms with E-state index < -0.39 is 6.61 Å². The molecule has 0 fully saturated rings. The van der Waals surface area contributed by atoms with Gasteiger partial charge in [-0.3, -0.25) is 0 Å². The number of benzene rings is 1. The largest absolute Gasteiger partial charge is 0.336 e. The molecule has 0 bridgehead atoms. The molecule has 0 saturated carbocycles. The van der Waals surface area contributed by atoms with Crippen molar-refractivity contribution in [3.8, 4) is 11.4 Å². The van der Waals surface area contributed by atoms with Gasteiger partial charge in [0.25, 0.3) is 5.89 Å². The SMILES string of the molecule is Cc1cc(C)c(C)c(-c2noc(C[O])n2)c1. The summed E-state index contributed by atoms with van der Waals surface area (Å²) in [6, 6.07) is 4.11. The molecule has 0 unspecified atom stereocenters. The molecular formula is C12H13N2O2. The lowest BCUT2D eigenvalue weighted by Crippen LogP contribution is -1.91. The summed E-state index contributed by atoms with van der Waals surface area (Å²) < 4.78 is 4.83. The standard InChI is InChI=1S/C12H13N2O2/c1-7-4-8(2)9(3)10(5-7)12-13-11(6-15)16-14-12/h4-5H,6H2,1-3H3. The normalized spacial score (nSPS) is 10.8. The van der Waals surface area contributed by atoms with Gasteiger partial charge in [-0.2, -0.15) is 4.98 Å². The maximum atomic E-state index is 10.6. The highest BCUT2D eigenvalue weighted by Crippen LogP contribution is 2.24. The highest BCUT2D eigenvalue weighted by molar-refractivity contribution is 5.62. The molecule has 0 atom stereocenters. The van der Waals surface area contributed by atoms with Crippen LogP contribution in [0.3, 0.4) is 0 Å². The van der Waals surface area contributed by atoms with Gasteiger partial charge in [0.15, 0.2) is 6.61 Å². The van der Waals surface area contributed by atoms with Gasteiger partial charge in [0.2, 0.25) is 5.82 Å². The van der Waals surface area contributed by atoms with Gasteiger partial charge >= 0.3 is 0 Å². The van der Waals surface area contributed by atoms with Crippen molar-refractivity contribution < 1.29 is 9.63 Å². The van der Waals surface area contributed by atoms with E-state index in [9.17, 15) is 5.11 Å². The maximum absolute atomic E-state index is 10.6. The molecule has 0 aliphatic carbocycles. The zero-order chi connectivity index (χ0) is 11.7. The van der Waals surface area contributed by atoms with E-state index >= 15 is 0 Å². The van der Waals surface area contributed by atoms with Crippen molar-refractivity contribution in [2.75, 3.05) is 0 Å². The van der Waals surface area contributed by atoms with Gasteiger partial charge in [0.05, 0.1) is 0 Å². The van der Waals surface area contributed by atoms with E-state index in [0.717, 1.165) is 16.7 Å². The predicted molar refractivity (Wildman–Crippen MR) is 58.3 cm³/mol. The number of rotatable bonds is 2. The van der Waals surface area contributed by atoms with Gasteiger partial charge in [-0.1, -0.05) is 16.8 Å². The summed E-state index contributed by atoms with van der Waals surface area (Å²) in [5.41, 5.74) is 4.37. The molecule has 1 aromatic heterocycles. The van der Waals surface area contributed by atoms with Crippen LogP contribution in [-0.2, 0) is 11.7 Å². The van der Waals surface area contributed by atoms with E-state index in [-0.39, 0.29) is 5.89 Å². The van der Waals surface area contributed by atoms with Crippen LogP contribution in [0.2, 0.25) is 0 Å². The van der Waals surface area contributed by atoms with Gasteiger partial charge in [-0.25, -0.2) is 5.11 Å². The minimum atomic E-state index is -0.475. The topological polar surface area (TPSA) is 58.8 Å². The molecule has 0 aliphatic heterocycles. The number of aromatic nitrogens is 2. The van der Waals surface area contributed by atoms with Crippen LogP contribution in [0.15, 0.2) is 16.7 Å². The number of hydrogen-bond donors (Lipinski definition) is 0. The Hall–Kier alpha value is -1.68. The third-order valence-electron chi connectivity index (χ3n) is 2.64. The third-order valence-corrected chi connectivity index (χ3v) is 2.64. The van der Waals surface area contributed by atoms with Gasteiger partial charge < -0.3 is 4.52 Å². The van der Waals surface area contributed by atoms with Crippen molar-refractivity contribution in [3.63, 3.8) is 0 Å². The average Bonchev–Trinajstić information content (AvgIpc) is 2.71. The summed E-state index contributed by atoms with van der Waals surface area (Å²) in [4.78, 5) is 4.05. The number of nitrogens with zero attached hydrogens (tertiary/aromatic N) is 2. The number of hydrogen-bond acceptors (Lipinski definition) is 3.